The van der Waals surface area contributed by atoms with Crippen LogP contribution in [0.25, 0.3) is 6.08 Å². The van der Waals surface area contributed by atoms with Gasteiger partial charge < -0.3 is 14.4 Å². The van der Waals surface area contributed by atoms with Crippen molar-refractivity contribution >= 4 is 21.9 Å². The lowest BCUT2D eigenvalue weighted by Gasteiger charge is -2.43. The summed E-state index contributed by atoms with van der Waals surface area (Å²) in [6, 6.07) is 0.277. The van der Waals surface area contributed by atoms with E-state index < -0.39 is 10.0 Å². The summed E-state index contributed by atoms with van der Waals surface area (Å²) in [7, 11) is 0.307. The zero-order valence-corrected chi connectivity index (χ0v) is 17.7. The van der Waals surface area contributed by atoms with E-state index in [2.05, 4.69) is 21.4 Å². The van der Waals surface area contributed by atoms with E-state index in [1.807, 2.05) is 14.0 Å². The SMILES string of the molecule is C=Cc1c(C)ncnc1N(C)C1CC(CS(=O)(=O)N2CCOC(COC)C2)C1. The molecule has 2 heterocycles. The molecule has 1 aliphatic carbocycles. The fourth-order valence-electron chi connectivity index (χ4n) is 3.95. The van der Waals surface area contributed by atoms with Crippen LogP contribution in [0, 0.1) is 12.8 Å². The predicted molar refractivity (Wildman–Crippen MR) is 109 cm³/mol. The minimum atomic E-state index is -3.29. The first-order valence-corrected chi connectivity index (χ1v) is 11.2. The van der Waals surface area contributed by atoms with Gasteiger partial charge in [-0.25, -0.2) is 18.4 Å². The Balaban J connectivity index is 1.56. The first-order chi connectivity index (χ1) is 13.4. The van der Waals surface area contributed by atoms with Gasteiger partial charge in [-0.3, -0.25) is 0 Å². The quantitative estimate of drug-likeness (QED) is 0.639. The molecule has 28 heavy (non-hydrogen) atoms. The number of aromatic nitrogens is 2. The molecule has 0 radical (unpaired) electrons. The first-order valence-electron chi connectivity index (χ1n) is 9.61. The molecule has 1 saturated carbocycles. The second kappa shape index (κ2) is 8.86. The number of rotatable bonds is 8. The maximum Gasteiger partial charge on any atom is 0.214 e. The molecule has 0 bridgehead atoms. The van der Waals surface area contributed by atoms with Gasteiger partial charge in [0.05, 0.1) is 30.8 Å². The summed E-state index contributed by atoms with van der Waals surface area (Å²) < 4.78 is 37.8. The smallest absolute Gasteiger partial charge is 0.214 e. The molecular weight excluding hydrogens is 380 g/mol. The summed E-state index contributed by atoms with van der Waals surface area (Å²) in [5, 5.41) is 0. The average molecular weight is 411 g/mol. The molecule has 0 aromatic carbocycles. The molecule has 0 spiro atoms. The number of ether oxygens (including phenoxy) is 2. The Morgan fingerprint density at radius 3 is 2.86 bits per heavy atom. The van der Waals surface area contributed by atoms with Gasteiger partial charge in [0.25, 0.3) is 0 Å². The van der Waals surface area contributed by atoms with Gasteiger partial charge in [0.15, 0.2) is 0 Å². The van der Waals surface area contributed by atoms with Gasteiger partial charge in [0.2, 0.25) is 10.0 Å². The van der Waals surface area contributed by atoms with Crippen molar-refractivity contribution in [2.45, 2.75) is 31.9 Å². The summed E-state index contributed by atoms with van der Waals surface area (Å²) in [6.07, 6.45) is 4.81. The van der Waals surface area contributed by atoms with Crippen molar-refractivity contribution in [2.24, 2.45) is 5.92 Å². The highest BCUT2D eigenvalue weighted by Gasteiger charge is 2.39. The normalized spacial score (nSPS) is 25.9. The van der Waals surface area contributed by atoms with E-state index in [1.54, 1.807) is 23.8 Å². The van der Waals surface area contributed by atoms with Crippen molar-refractivity contribution in [1.82, 2.24) is 14.3 Å². The second-order valence-electron chi connectivity index (χ2n) is 7.59. The van der Waals surface area contributed by atoms with E-state index in [9.17, 15) is 8.42 Å². The zero-order chi connectivity index (χ0) is 20.3. The number of nitrogens with zero attached hydrogens (tertiary/aromatic N) is 4. The van der Waals surface area contributed by atoms with E-state index in [0.717, 1.165) is 29.9 Å². The Morgan fingerprint density at radius 1 is 1.43 bits per heavy atom. The largest absolute Gasteiger partial charge is 0.382 e. The van der Waals surface area contributed by atoms with Crippen molar-refractivity contribution < 1.29 is 17.9 Å². The van der Waals surface area contributed by atoms with Crippen molar-refractivity contribution in [3.8, 4) is 0 Å². The van der Waals surface area contributed by atoms with Crippen LogP contribution in [0.3, 0.4) is 0 Å². The molecule has 8 nitrogen and oxygen atoms in total. The highest BCUT2D eigenvalue weighted by Crippen LogP contribution is 2.36. The lowest BCUT2D eigenvalue weighted by atomic mass is 9.80. The highest BCUT2D eigenvalue weighted by molar-refractivity contribution is 7.89. The number of hydrogen-bond donors (Lipinski definition) is 0. The summed E-state index contributed by atoms with van der Waals surface area (Å²) in [5.74, 6) is 1.20. The zero-order valence-electron chi connectivity index (χ0n) is 16.9. The average Bonchev–Trinajstić information content (AvgIpc) is 2.64. The molecule has 2 aliphatic rings. The Labute approximate surface area is 167 Å². The molecule has 9 heteroatoms. The highest BCUT2D eigenvalue weighted by atomic mass is 32.2. The third-order valence-corrected chi connectivity index (χ3v) is 7.66. The summed E-state index contributed by atoms with van der Waals surface area (Å²) in [6.45, 7) is 7.41. The Hall–Kier alpha value is -1.55. The Kier molecular flexibility index (Phi) is 6.69. The fourth-order valence-corrected chi connectivity index (χ4v) is 5.78. The molecule has 156 valence electrons. The van der Waals surface area contributed by atoms with Gasteiger partial charge in [-0.15, -0.1) is 0 Å². The topological polar surface area (TPSA) is 84.9 Å². The minimum absolute atomic E-state index is 0.163. The van der Waals surface area contributed by atoms with Gasteiger partial charge in [0.1, 0.15) is 12.1 Å². The van der Waals surface area contributed by atoms with Gasteiger partial charge in [-0.05, 0) is 25.7 Å². The van der Waals surface area contributed by atoms with Gasteiger partial charge in [-0.1, -0.05) is 12.7 Å². The van der Waals surface area contributed by atoms with Crippen molar-refractivity contribution in [2.75, 3.05) is 51.1 Å². The molecule has 1 aliphatic heterocycles. The summed E-state index contributed by atoms with van der Waals surface area (Å²) in [5.41, 5.74) is 1.82. The van der Waals surface area contributed by atoms with Crippen molar-refractivity contribution in [3.63, 3.8) is 0 Å². The number of aryl methyl sites for hydroxylation is 1. The Bertz CT molecular complexity index is 793. The van der Waals surface area contributed by atoms with Crippen LogP contribution in [0.4, 0.5) is 5.82 Å². The number of anilines is 1. The first kappa shape index (κ1) is 21.2. The van der Waals surface area contributed by atoms with Crippen molar-refractivity contribution in [3.05, 3.63) is 24.2 Å². The fraction of sp³-hybridized carbons (Fsp3) is 0.684. The van der Waals surface area contributed by atoms with E-state index >= 15 is 0 Å². The van der Waals surface area contributed by atoms with Crippen LogP contribution >= 0.6 is 0 Å². The van der Waals surface area contributed by atoms with E-state index in [4.69, 9.17) is 9.47 Å². The van der Waals surface area contributed by atoms with Crippen LogP contribution < -0.4 is 4.90 Å². The van der Waals surface area contributed by atoms with Crippen LogP contribution in [-0.2, 0) is 19.5 Å². The third kappa shape index (κ3) is 4.53. The molecule has 0 amide bonds. The maximum atomic E-state index is 12.8. The summed E-state index contributed by atoms with van der Waals surface area (Å²) in [4.78, 5) is 10.7. The monoisotopic (exact) mass is 410 g/mol. The maximum absolute atomic E-state index is 12.8. The third-order valence-electron chi connectivity index (χ3n) is 5.65. The molecule has 1 aromatic heterocycles. The van der Waals surface area contributed by atoms with E-state index in [1.165, 1.54) is 0 Å². The molecule has 3 rings (SSSR count). The number of methoxy groups -OCH3 is 1. The van der Waals surface area contributed by atoms with Crippen LogP contribution in [0.15, 0.2) is 12.9 Å². The van der Waals surface area contributed by atoms with Gasteiger partial charge in [-0.2, -0.15) is 4.31 Å². The predicted octanol–water partition coefficient (Wildman–Crippen LogP) is 1.32. The van der Waals surface area contributed by atoms with E-state index in [-0.39, 0.29) is 23.8 Å². The van der Waals surface area contributed by atoms with Crippen molar-refractivity contribution in [1.29, 1.82) is 0 Å². The van der Waals surface area contributed by atoms with Gasteiger partial charge >= 0.3 is 0 Å². The molecule has 2 fully saturated rings. The molecule has 0 N–H and O–H groups in total. The minimum Gasteiger partial charge on any atom is -0.382 e. The number of morpholine rings is 1. The van der Waals surface area contributed by atoms with Crippen LogP contribution in [-0.4, -0.2) is 81.1 Å². The number of hydrogen-bond acceptors (Lipinski definition) is 7. The van der Waals surface area contributed by atoms with Crippen LogP contribution in [0.2, 0.25) is 0 Å². The van der Waals surface area contributed by atoms with Crippen LogP contribution in [0.1, 0.15) is 24.1 Å². The number of sulfonamides is 1. The van der Waals surface area contributed by atoms with Crippen LogP contribution in [0.5, 0.6) is 0 Å². The molecule has 1 atom stereocenters. The Morgan fingerprint density at radius 2 is 2.18 bits per heavy atom. The summed E-state index contributed by atoms with van der Waals surface area (Å²) >= 11 is 0. The lowest BCUT2D eigenvalue weighted by molar-refractivity contribution is -0.0408. The molecular formula is C19H30N4O4S. The molecule has 1 unspecified atom stereocenters. The molecule has 1 aromatic rings. The second-order valence-corrected chi connectivity index (χ2v) is 9.60. The molecule has 1 saturated heterocycles. The lowest BCUT2D eigenvalue weighted by Crippen LogP contribution is -2.51. The van der Waals surface area contributed by atoms with Gasteiger partial charge in [0, 0.05) is 38.9 Å². The standard InChI is InChI=1S/C19H30N4O4S/c1-5-18-14(2)20-13-21-19(18)22(3)16-8-15(9-16)12-28(24,25)23-6-7-27-17(10-23)11-26-4/h5,13,15-17H,1,6-12H2,2-4H3. The van der Waals surface area contributed by atoms with E-state index in [0.29, 0.717) is 26.3 Å².